The quantitative estimate of drug-likeness (QED) is 0.630. The van der Waals surface area contributed by atoms with E-state index in [0.29, 0.717) is 5.69 Å². The van der Waals surface area contributed by atoms with Crippen LogP contribution in [0.5, 0.6) is 0 Å². The van der Waals surface area contributed by atoms with Crippen LogP contribution in [-0.4, -0.2) is 21.0 Å². The Bertz CT molecular complexity index is 565. The summed E-state index contributed by atoms with van der Waals surface area (Å²) in [6, 6.07) is 7.66. The Morgan fingerprint density at radius 1 is 1.39 bits per heavy atom. The molecule has 0 aliphatic heterocycles. The van der Waals surface area contributed by atoms with Gasteiger partial charge in [-0.05, 0) is 12.1 Å². The molecule has 92 valence electrons. The second-order valence-corrected chi connectivity index (χ2v) is 3.58. The fraction of sp³-hybridized carbons (Fsp3) is 0.0909. The van der Waals surface area contributed by atoms with Crippen LogP contribution in [0.1, 0.15) is 5.69 Å². The van der Waals surface area contributed by atoms with Crippen molar-refractivity contribution in [2.45, 2.75) is 6.42 Å². The highest BCUT2D eigenvalue weighted by Gasteiger charge is 2.14. The number of aromatic nitrogens is 2. The van der Waals surface area contributed by atoms with E-state index < -0.39 is 4.92 Å². The summed E-state index contributed by atoms with van der Waals surface area (Å²) < 4.78 is 0. The van der Waals surface area contributed by atoms with Crippen LogP contribution in [0.15, 0.2) is 36.5 Å². The van der Waals surface area contributed by atoms with Crippen molar-refractivity contribution < 1.29 is 9.72 Å². The van der Waals surface area contributed by atoms with Gasteiger partial charge in [0.2, 0.25) is 5.91 Å². The second kappa shape index (κ2) is 5.09. The molecule has 2 N–H and O–H groups in total. The Morgan fingerprint density at radius 3 is 2.83 bits per heavy atom. The molecule has 0 aliphatic rings. The first-order valence-corrected chi connectivity index (χ1v) is 5.18. The van der Waals surface area contributed by atoms with Gasteiger partial charge in [-0.1, -0.05) is 12.1 Å². The van der Waals surface area contributed by atoms with Crippen molar-refractivity contribution in [3.05, 3.63) is 52.3 Å². The van der Waals surface area contributed by atoms with Gasteiger partial charge in [-0.15, -0.1) is 0 Å². The zero-order chi connectivity index (χ0) is 13.0. The second-order valence-electron chi connectivity index (χ2n) is 3.58. The van der Waals surface area contributed by atoms with Crippen molar-refractivity contribution >= 4 is 17.3 Å². The number of amides is 1. The Labute approximate surface area is 102 Å². The van der Waals surface area contributed by atoms with Crippen LogP contribution in [0.25, 0.3) is 0 Å². The van der Waals surface area contributed by atoms with Crippen molar-refractivity contribution in [3.8, 4) is 0 Å². The van der Waals surface area contributed by atoms with E-state index in [1.54, 1.807) is 18.2 Å². The van der Waals surface area contributed by atoms with Gasteiger partial charge in [0, 0.05) is 18.0 Å². The maximum absolute atomic E-state index is 11.7. The zero-order valence-corrected chi connectivity index (χ0v) is 9.29. The molecule has 0 fully saturated rings. The molecule has 2 aromatic rings. The van der Waals surface area contributed by atoms with Crippen LogP contribution in [0.3, 0.4) is 0 Å². The van der Waals surface area contributed by atoms with Gasteiger partial charge in [0.1, 0.15) is 5.69 Å². The van der Waals surface area contributed by atoms with Crippen LogP contribution in [0.4, 0.5) is 11.4 Å². The average Bonchev–Trinajstić information content (AvgIpc) is 2.82. The Morgan fingerprint density at radius 2 is 2.17 bits per heavy atom. The minimum atomic E-state index is -0.536. The highest BCUT2D eigenvalue weighted by Crippen LogP contribution is 2.23. The number of carbonyl (C=O) groups excluding carboxylic acids is 1. The third-order valence-electron chi connectivity index (χ3n) is 2.28. The number of aromatic amines is 1. The van der Waals surface area contributed by atoms with Gasteiger partial charge in [0.05, 0.1) is 11.3 Å². The number of hydrogen-bond donors (Lipinski definition) is 2. The molecule has 1 heterocycles. The predicted molar refractivity (Wildman–Crippen MR) is 64.0 cm³/mol. The number of hydrogen-bond acceptors (Lipinski definition) is 4. The Hall–Kier alpha value is -2.70. The van der Waals surface area contributed by atoms with Gasteiger partial charge < -0.3 is 5.32 Å². The summed E-state index contributed by atoms with van der Waals surface area (Å²) in [5, 5.41) is 19.6. The summed E-state index contributed by atoms with van der Waals surface area (Å²) >= 11 is 0. The standard InChI is InChI=1S/C11H10N4O3/c16-11(7-8-5-6-12-14-8)13-9-3-1-2-4-10(9)15(17)18/h1-6H,7H2,(H,12,14)(H,13,16). The third kappa shape index (κ3) is 2.70. The molecule has 7 nitrogen and oxygen atoms in total. The van der Waals surface area contributed by atoms with Gasteiger partial charge in [0.25, 0.3) is 5.69 Å². The number of nitrogens with one attached hydrogen (secondary N) is 2. The van der Waals surface area contributed by atoms with Crippen LogP contribution < -0.4 is 5.32 Å². The molecule has 2 rings (SSSR count). The molecule has 0 saturated heterocycles. The molecule has 18 heavy (non-hydrogen) atoms. The molecule has 0 bridgehead atoms. The lowest BCUT2D eigenvalue weighted by molar-refractivity contribution is -0.383. The first-order chi connectivity index (χ1) is 8.66. The first kappa shape index (κ1) is 11.8. The summed E-state index contributed by atoms with van der Waals surface area (Å²) in [5.74, 6) is -0.339. The number of H-pyrrole nitrogens is 1. The molecular formula is C11H10N4O3. The fourth-order valence-corrected chi connectivity index (χ4v) is 1.49. The summed E-state index contributed by atoms with van der Waals surface area (Å²) in [6.45, 7) is 0. The third-order valence-corrected chi connectivity index (χ3v) is 2.28. The lowest BCUT2D eigenvalue weighted by Gasteiger charge is -2.04. The van der Waals surface area contributed by atoms with Crippen molar-refractivity contribution in [1.82, 2.24) is 10.2 Å². The largest absolute Gasteiger partial charge is 0.320 e. The lowest BCUT2D eigenvalue weighted by atomic mass is 10.2. The van der Waals surface area contributed by atoms with Crippen LogP contribution in [0.2, 0.25) is 0 Å². The maximum atomic E-state index is 11.7. The van der Waals surface area contributed by atoms with E-state index in [1.807, 2.05) is 0 Å². The van der Waals surface area contributed by atoms with Gasteiger partial charge in [-0.3, -0.25) is 20.0 Å². The predicted octanol–water partition coefficient (Wildman–Crippen LogP) is 1.50. The SMILES string of the molecule is O=C(Cc1ccn[nH]1)Nc1ccccc1[N+](=O)[O-]. The van der Waals surface area contributed by atoms with Gasteiger partial charge in [0.15, 0.2) is 0 Å². The Balaban J connectivity index is 2.09. The first-order valence-electron chi connectivity index (χ1n) is 5.18. The van der Waals surface area contributed by atoms with Gasteiger partial charge in [-0.25, -0.2) is 0 Å². The van der Waals surface area contributed by atoms with E-state index in [0.717, 1.165) is 0 Å². The van der Waals surface area contributed by atoms with E-state index in [2.05, 4.69) is 15.5 Å². The number of carbonyl (C=O) groups is 1. The summed E-state index contributed by atoms with van der Waals surface area (Å²) in [5.41, 5.74) is 0.702. The van der Waals surface area contributed by atoms with Gasteiger partial charge in [-0.2, -0.15) is 5.10 Å². The zero-order valence-electron chi connectivity index (χ0n) is 9.29. The molecule has 0 radical (unpaired) electrons. The molecule has 0 spiro atoms. The molecule has 0 saturated carbocycles. The number of nitro groups is 1. The van der Waals surface area contributed by atoms with E-state index in [-0.39, 0.29) is 23.7 Å². The molecule has 7 heteroatoms. The molecule has 1 aromatic heterocycles. The lowest BCUT2D eigenvalue weighted by Crippen LogP contribution is -2.15. The molecule has 0 atom stereocenters. The smallest absolute Gasteiger partial charge is 0.292 e. The number of para-hydroxylation sites is 2. The highest BCUT2D eigenvalue weighted by molar-refractivity contribution is 5.94. The minimum Gasteiger partial charge on any atom is -0.320 e. The topological polar surface area (TPSA) is 101 Å². The van der Waals surface area contributed by atoms with E-state index >= 15 is 0 Å². The summed E-state index contributed by atoms with van der Waals surface area (Å²) in [4.78, 5) is 21.9. The molecule has 1 aromatic carbocycles. The van der Waals surface area contributed by atoms with Crippen LogP contribution in [0, 0.1) is 10.1 Å². The number of rotatable bonds is 4. The van der Waals surface area contributed by atoms with Crippen LogP contribution >= 0.6 is 0 Å². The number of nitro benzene ring substituents is 1. The number of nitrogens with zero attached hydrogens (tertiary/aromatic N) is 2. The number of anilines is 1. The van der Waals surface area contributed by atoms with Crippen molar-refractivity contribution in [2.24, 2.45) is 0 Å². The highest BCUT2D eigenvalue weighted by atomic mass is 16.6. The van der Waals surface area contributed by atoms with Gasteiger partial charge >= 0.3 is 0 Å². The van der Waals surface area contributed by atoms with Crippen LogP contribution in [-0.2, 0) is 11.2 Å². The van der Waals surface area contributed by atoms with E-state index in [4.69, 9.17) is 0 Å². The maximum Gasteiger partial charge on any atom is 0.292 e. The monoisotopic (exact) mass is 246 g/mol. The molecule has 1 amide bonds. The number of benzene rings is 1. The summed E-state index contributed by atoms with van der Waals surface area (Å²) in [6.07, 6.45) is 1.62. The van der Waals surface area contributed by atoms with Crippen molar-refractivity contribution in [1.29, 1.82) is 0 Å². The molecule has 0 unspecified atom stereocenters. The minimum absolute atomic E-state index is 0.0893. The average molecular weight is 246 g/mol. The van der Waals surface area contributed by atoms with Crippen molar-refractivity contribution in [3.63, 3.8) is 0 Å². The Kier molecular flexibility index (Phi) is 3.33. The molecule has 0 aliphatic carbocycles. The van der Waals surface area contributed by atoms with E-state index in [9.17, 15) is 14.9 Å². The fourth-order valence-electron chi connectivity index (χ4n) is 1.49. The van der Waals surface area contributed by atoms with Crippen molar-refractivity contribution in [2.75, 3.05) is 5.32 Å². The molecular weight excluding hydrogens is 236 g/mol. The van der Waals surface area contributed by atoms with E-state index in [1.165, 1.54) is 18.3 Å². The normalized spacial score (nSPS) is 10.0. The summed E-state index contributed by atoms with van der Waals surface area (Å²) in [7, 11) is 0.